The van der Waals surface area contributed by atoms with Crippen LogP contribution in [0, 0.1) is 0 Å². The topological polar surface area (TPSA) is 66.4 Å². The lowest BCUT2D eigenvalue weighted by atomic mass is 10.0. The lowest BCUT2D eigenvalue weighted by Gasteiger charge is -2.27. The Kier molecular flexibility index (Phi) is 2.98. The van der Waals surface area contributed by atoms with E-state index in [0.717, 1.165) is 0 Å². The second kappa shape index (κ2) is 4.13. The minimum atomic E-state index is -0.781. The third kappa shape index (κ3) is 2.30. The van der Waals surface area contributed by atoms with Crippen molar-refractivity contribution in [3.8, 4) is 0 Å². The van der Waals surface area contributed by atoms with Crippen LogP contribution in [-0.4, -0.2) is 53.5 Å². The molecule has 3 fully saturated rings. The number of aliphatic hydroxyl groups excluding tert-OH is 1. The zero-order valence-corrected chi connectivity index (χ0v) is 12.0. The average Bonchev–Trinajstić information content (AvgIpc) is 2.78. The van der Waals surface area contributed by atoms with Gasteiger partial charge >= 0.3 is 0 Å². The van der Waals surface area contributed by atoms with Crippen molar-refractivity contribution in [1.82, 2.24) is 0 Å². The normalized spacial score (nSPS) is 51.5. The zero-order chi connectivity index (χ0) is 14.0. The number of rotatable bonds is 1. The molecule has 6 atom stereocenters. The summed E-state index contributed by atoms with van der Waals surface area (Å²) in [5.41, 5.74) is 0. The second-order valence-electron chi connectivity index (χ2n) is 6.37. The first-order chi connectivity index (χ1) is 8.69. The molecule has 19 heavy (non-hydrogen) atoms. The van der Waals surface area contributed by atoms with Crippen LogP contribution in [0.3, 0.4) is 0 Å². The van der Waals surface area contributed by atoms with Crippen LogP contribution in [0.25, 0.3) is 0 Å². The van der Waals surface area contributed by atoms with Crippen molar-refractivity contribution in [2.45, 2.75) is 83.0 Å². The SMILES string of the molecule is C[C@H]1OC(C)(C)O[C@H]1[C@H]1O[C@@H]2OC(C)(C)O[C@@H]2[C@H]1O. The maximum Gasteiger partial charge on any atom is 0.190 e. The van der Waals surface area contributed by atoms with Gasteiger partial charge in [0.15, 0.2) is 17.9 Å². The summed E-state index contributed by atoms with van der Waals surface area (Å²) in [6.45, 7) is 9.22. The summed E-state index contributed by atoms with van der Waals surface area (Å²) < 4.78 is 28.6. The molecule has 1 N–H and O–H groups in total. The number of ether oxygens (including phenoxy) is 5. The van der Waals surface area contributed by atoms with Gasteiger partial charge in [-0.1, -0.05) is 0 Å². The minimum absolute atomic E-state index is 0.151. The summed E-state index contributed by atoms with van der Waals surface area (Å²) in [6, 6.07) is 0. The summed E-state index contributed by atoms with van der Waals surface area (Å²) >= 11 is 0. The molecule has 3 heterocycles. The van der Waals surface area contributed by atoms with Gasteiger partial charge in [0.25, 0.3) is 0 Å². The molecule has 0 aromatic carbocycles. The highest BCUT2D eigenvalue weighted by molar-refractivity contribution is 4.99. The maximum absolute atomic E-state index is 10.4. The van der Waals surface area contributed by atoms with Gasteiger partial charge in [-0.25, -0.2) is 0 Å². The van der Waals surface area contributed by atoms with E-state index < -0.39 is 36.2 Å². The van der Waals surface area contributed by atoms with E-state index in [2.05, 4.69) is 0 Å². The Labute approximate surface area is 112 Å². The van der Waals surface area contributed by atoms with Crippen molar-refractivity contribution in [2.24, 2.45) is 0 Å². The van der Waals surface area contributed by atoms with Gasteiger partial charge < -0.3 is 28.8 Å². The molecule has 3 aliphatic heterocycles. The first-order valence-electron chi connectivity index (χ1n) is 6.73. The van der Waals surface area contributed by atoms with Gasteiger partial charge in [0.05, 0.1) is 6.10 Å². The van der Waals surface area contributed by atoms with Crippen molar-refractivity contribution in [1.29, 1.82) is 0 Å². The highest BCUT2D eigenvalue weighted by Crippen LogP contribution is 2.41. The summed E-state index contributed by atoms with van der Waals surface area (Å²) in [6.07, 6.45) is -2.78. The minimum Gasteiger partial charge on any atom is -0.387 e. The van der Waals surface area contributed by atoms with Crippen molar-refractivity contribution < 1.29 is 28.8 Å². The molecular weight excluding hydrogens is 252 g/mol. The maximum atomic E-state index is 10.4. The fourth-order valence-corrected chi connectivity index (χ4v) is 3.09. The lowest BCUT2D eigenvalue weighted by molar-refractivity contribution is -0.232. The summed E-state index contributed by atoms with van der Waals surface area (Å²) in [4.78, 5) is 0. The van der Waals surface area contributed by atoms with Crippen LogP contribution in [0.15, 0.2) is 0 Å². The van der Waals surface area contributed by atoms with E-state index in [9.17, 15) is 5.11 Å². The van der Waals surface area contributed by atoms with Gasteiger partial charge in [0, 0.05) is 0 Å². The standard InChI is InChI=1S/C13H22O6/c1-6-8(17-12(2,3)16-6)9-7(14)10-11(15-9)19-13(4,5)18-10/h6-11,14H,1-5H3/t6-,7+,8-,9+,10-,11-/m1/s1. The fourth-order valence-electron chi connectivity index (χ4n) is 3.09. The van der Waals surface area contributed by atoms with Crippen molar-refractivity contribution in [3.63, 3.8) is 0 Å². The van der Waals surface area contributed by atoms with Crippen LogP contribution in [-0.2, 0) is 23.7 Å². The molecule has 110 valence electrons. The highest BCUT2D eigenvalue weighted by atomic mass is 16.8. The molecule has 0 aliphatic carbocycles. The van der Waals surface area contributed by atoms with Crippen LogP contribution in [0.5, 0.6) is 0 Å². The highest BCUT2D eigenvalue weighted by Gasteiger charge is 2.59. The predicted octanol–water partition coefficient (Wildman–Crippen LogP) is 0.764. The Morgan fingerprint density at radius 1 is 0.789 bits per heavy atom. The number of hydrogen-bond acceptors (Lipinski definition) is 6. The Balaban J connectivity index is 1.72. The molecule has 0 aromatic rings. The molecule has 0 unspecified atom stereocenters. The number of hydrogen-bond donors (Lipinski definition) is 1. The van der Waals surface area contributed by atoms with Gasteiger partial charge in [0.2, 0.25) is 0 Å². The van der Waals surface area contributed by atoms with E-state index in [1.54, 1.807) is 13.8 Å². The molecule has 6 heteroatoms. The Morgan fingerprint density at radius 2 is 1.37 bits per heavy atom. The largest absolute Gasteiger partial charge is 0.387 e. The molecule has 0 amide bonds. The van der Waals surface area contributed by atoms with E-state index in [1.807, 2.05) is 20.8 Å². The van der Waals surface area contributed by atoms with Crippen LogP contribution < -0.4 is 0 Å². The van der Waals surface area contributed by atoms with E-state index in [0.29, 0.717) is 0 Å². The summed E-state index contributed by atoms with van der Waals surface area (Å²) in [5, 5.41) is 10.4. The molecule has 0 aromatic heterocycles. The van der Waals surface area contributed by atoms with E-state index in [4.69, 9.17) is 23.7 Å². The monoisotopic (exact) mass is 274 g/mol. The second-order valence-corrected chi connectivity index (χ2v) is 6.37. The van der Waals surface area contributed by atoms with Gasteiger partial charge in [0.1, 0.15) is 24.4 Å². The van der Waals surface area contributed by atoms with Gasteiger partial charge in [-0.15, -0.1) is 0 Å². The Bertz CT molecular complexity index is 368. The quantitative estimate of drug-likeness (QED) is 0.761. The van der Waals surface area contributed by atoms with Crippen LogP contribution in [0.1, 0.15) is 34.6 Å². The average molecular weight is 274 g/mol. The van der Waals surface area contributed by atoms with Crippen LogP contribution >= 0.6 is 0 Å². The summed E-state index contributed by atoms with van der Waals surface area (Å²) in [5.74, 6) is -1.38. The van der Waals surface area contributed by atoms with Crippen LogP contribution in [0.2, 0.25) is 0 Å². The van der Waals surface area contributed by atoms with Gasteiger partial charge in [-0.3, -0.25) is 0 Å². The number of aliphatic hydroxyl groups is 1. The molecule has 6 nitrogen and oxygen atoms in total. The van der Waals surface area contributed by atoms with E-state index in [-0.39, 0.29) is 12.2 Å². The van der Waals surface area contributed by atoms with Crippen molar-refractivity contribution >= 4 is 0 Å². The third-order valence-electron chi connectivity index (χ3n) is 3.73. The van der Waals surface area contributed by atoms with Crippen molar-refractivity contribution in [3.05, 3.63) is 0 Å². The first kappa shape index (κ1) is 13.7. The predicted molar refractivity (Wildman–Crippen MR) is 64.2 cm³/mol. The molecular formula is C13H22O6. The third-order valence-corrected chi connectivity index (χ3v) is 3.73. The smallest absolute Gasteiger partial charge is 0.190 e. The molecule has 0 saturated carbocycles. The summed E-state index contributed by atoms with van der Waals surface area (Å²) in [7, 11) is 0. The molecule has 0 radical (unpaired) electrons. The van der Waals surface area contributed by atoms with E-state index >= 15 is 0 Å². The molecule has 0 bridgehead atoms. The molecule has 3 saturated heterocycles. The Hall–Kier alpha value is -0.240. The molecule has 3 rings (SSSR count). The number of fused-ring (bicyclic) bond motifs is 1. The van der Waals surface area contributed by atoms with Gasteiger partial charge in [-0.2, -0.15) is 0 Å². The fraction of sp³-hybridized carbons (Fsp3) is 1.00. The Morgan fingerprint density at radius 3 is 1.89 bits per heavy atom. The zero-order valence-electron chi connectivity index (χ0n) is 12.0. The van der Waals surface area contributed by atoms with Gasteiger partial charge in [-0.05, 0) is 34.6 Å². The lowest BCUT2D eigenvalue weighted by Crippen LogP contribution is -2.44. The first-order valence-corrected chi connectivity index (χ1v) is 6.73. The van der Waals surface area contributed by atoms with E-state index in [1.165, 1.54) is 0 Å². The van der Waals surface area contributed by atoms with Crippen molar-refractivity contribution in [2.75, 3.05) is 0 Å². The van der Waals surface area contributed by atoms with Crippen LogP contribution in [0.4, 0.5) is 0 Å². The molecule has 3 aliphatic rings. The molecule has 0 spiro atoms.